The van der Waals surface area contributed by atoms with E-state index in [1.165, 1.54) is 0 Å². The highest BCUT2D eigenvalue weighted by Gasteiger charge is 2.07. The Morgan fingerprint density at radius 3 is 2.14 bits per heavy atom. The maximum Gasteiger partial charge on any atom is 0.300 e. The Morgan fingerprint density at radius 1 is 1.43 bits per heavy atom. The molecule has 0 heterocycles. The molecular formula is C9H18Cl2O3. The lowest BCUT2D eigenvalue weighted by Gasteiger charge is -2.08. The number of aliphatic hydroxyl groups excluding tert-OH is 1. The highest BCUT2D eigenvalue weighted by Crippen LogP contribution is 2.13. The molecule has 0 radical (unpaired) electrons. The Kier molecular flexibility index (Phi) is 13.0. The number of hydrogen-bond acceptors (Lipinski definition) is 2. The van der Waals surface area contributed by atoms with E-state index >= 15 is 0 Å². The minimum absolute atomic E-state index is 0.319. The number of hydrogen-bond donors (Lipinski definition) is 2. The van der Waals surface area contributed by atoms with Gasteiger partial charge in [0, 0.05) is 13.3 Å². The van der Waals surface area contributed by atoms with E-state index in [0.717, 1.165) is 26.2 Å². The topological polar surface area (TPSA) is 57.5 Å². The molecule has 14 heavy (non-hydrogen) atoms. The highest BCUT2D eigenvalue weighted by atomic mass is 35.5. The zero-order valence-electron chi connectivity index (χ0n) is 8.54. The van der Waals surface area contributed by atoms with Gasteiger partial charge in [0.15, 0.2) is 0 Å². The first-order valence-electron chi connectivity index (χ1n) is 4.55. The van der Waals surface area contributed by atoms with Crippen LogP contribution in [0.15, 0.2) is 0 Å². The van der Waals surface area contributed by atoms with Crippen molar-refractivity contribution in [3.05, 3.63) is 0 Å². The molecule has 86 valence electrons. The first kappa shape index (κ1) is 16.4. The maximum atomic E-state index is 9.18. The second-order valence-corrected chi connectivity index (χ2v) is 4.22. The van der Waals surface area contributed by atoms with Gasteiger partial charge in [0.25, 0.3) is 5.97 Å². The molecule has 1 atom stereocenters. The standard InChI is InChI=1S/C7H14Cl2O.C2H4O2/c1-2-3-4-6(10)5-7(8)9;1-2(3)4/h6-7,10H,2-5H2,1H3;1H3,(H,3,4). The Labute approximate surface area is 95.0 Å². The van der Waals surface area contributed by atoms with Gasteiger partial charge >= 0.3 is 0 Å². The average Bonchev–Trinajstić information content (AvgIpc) is 1.98. The third-order valence-corrected chi connectivity index (χ3v) is 1.70. The fourth-order valence-corrected chi connectivity index (χ4v) is 1.17. The quantitative estimate of drug-likeness (QED) is 0.732. The smallest absolute Gasteiger partial charge is 0.300 e. The van der Waals surface area contributed by atoms with E-state index in [1.807, 2.05) is 0 Å². The van der Waals surface area contributed by atoms with E-state index < -0.39 is 10.8 Å². The SMILES string of the molecule is CC(=O)O.CCCCC(O)CC(Cl)Cl. The van der Waals surface area contributed by atoms with E-state index in [4.69, 9.17) is 33.1 Å². The van der Waals surface area contributed by atoms with E-state index in [9.17, 15) is 5.11 Å². The van der Waals surface area contributed by atoms with E-state index in [1.54, 1.807) is 0 Å². The van der Waals surface area contributed by atoms with Gasteiger partial charge in [-0.1, -0.05) is 19.8 Å². The van der Waals surface area contributed by atoms with Crippen molar-refractivity contribution in [1.29, 1.82) is 0 Å². The molecule has 0 fully saturated rings. The Morgan fingerprint density at radius 2 is 1.86 bits per heavy atom. The first-order valence-corrected chi connectivity index (χ1v) is 5.43. The van der Waals surface area contributed by atoms with Gasteiger partial charge in [-0.05, 0) is 6.42 Å². The van der Waals surface area contributed by atoms with Gasteiger partial charge in [0.1, 0.15) is 4.84 Å². The monoisotopic (exact) mass is 244 g/mol. The number of carbonyl (C=O) groups is 1. The number of aliphatic carboxylic acids is 1. The molecule has 3 nitrogen and oxygen atoms in total. The molecule has 0 aromatic rings. The molecule has 5 heteroatoms. The number of unbranched alkanes of at least 4 members (excludes halogenated alkanes) is 1. The van der Waals surface area contributed by atoms with Crippen LogP contribution in [0.4, 0.5) is 0 Å². The van der Waals surface area contributed by atoms with E-state index in [2.05, 4.69) is 6.92 Å². The third kappa shape index (κ3) is 22.7. The molecule has 0 aromatic heterocycles. The number of carboxylic acid groups (broad SMARTS) is 1. The van der Waals surface area contributed by atoms with Crippen LogP contribution in [-0.2, 0) is 4.79 Å². The average molecular weight is 245 g/mol. The predicted octanol–water partition coefficient (Wildman–Crippen LogP) is 2.82. The van der Waals surface area contributed by atoms with Crippen LogP contribution in [0.3, 0.4) is 0 Å². The highest BCUT2D eigenvalue weighted by molar-refractivity contribution is 6.44. The molecule has 0 aromatic carbocycles. The summed E-state index contributed by atoms with van der Waals surface area (Å²) in [6, 6.07) is 0. The lowest BCUT2D eigenvalue weighted by molar-refractivity contribution is -0.134. The van der Waals surface area contributed by atoms with Crippen LogP contribution in [0, 0.1) is 0 Å². The molecule has 0 aliphatic heterocycles. The molecule has 0 rings (SSSR count). The van der Waals surface area contributed by atoms with Crippen molar-refractivity contribution in [2.75, 3.05) is 0 Å². The van der Waals surface area contributed by atoms with Crippen LogP contribution in [0.1, 0.15) is 39.5 Å². The van der Waals surface area contributed by atoms with Crippen molar-refractivity contribution >= 4 is 29.2 Å². The van der Waals surface area contributed by atoms with Crippen LogP contribution in [0.2, 0.25) is 0 Å². The van der Waals surface area contributed by atoms with Crippen molar-refractivity contribution in [3.8, 4) is 0 Å². The predicted molar refractivity (Wildman–Crippen MR) is 59.0 cm³/mol. The van der Waals surface area contributed by atoms with Crippen molar-refractivity contribution < 1.29 is 15.0 Å². The molecule has 2 N–H and O–H groups in total. The summed E-state index contributed by atoms with van der Waals surface area (Å²) in [5.74, 6) is -0.833. The van der Waals surface area contributed by atoms with Gasteiger partial charge in [-0.3, -0.25) is 4.79 Å². The van der Waals surface area contributed by atoms with Crippen LogP contribution >= 0.6 is 23.2 Å². The molecular weight excluding hydrogens is 227 g/mol. The molecule has 0 aliphatic carbocycles. The van der Waals surface area contributed by atoms with Crippen molar-refractivity contribution in [3.63, 3.8) is 0 Å². The van der Waals surface area contributed by atoms with Crippen LogP contribution in [0.5, 0.6) is 0 Å². The summed E-state index contributed by atoms with van der Waals surface area (Å²) in [6.07, 6.45) is 3.13. The normalized spacial score (nSPS) is 11.9. The Bertz CT molecular complexity index is 136. The second kappa shape index (κ2) is 11.1. The second-order valence-electron chi connectivity index (χ2n) is 2.94. The minimum atomic E-state index is -0.833. The maximum absolute atomic E-state index is 9.18. The lowest BCUT2D eigenvalue weighted by Crippen LogP contribution is -2.09. The zero-order chi connectivity index (χ0) is 11.6. The Hall–Kier alpha value is 0.01000. The summed E-state index contributed by atoms with van der Waals surface area (Å²) in [7, 11) is 0. The summed E-state index contributed by atoms with van der Waals surface area (Å²) < 4.78 is 0. The van der Waals surface area contributed by atoms with Crippen LogP contribution in [-0.4, -0.2) is 27.1 Å². The lowest BCUT2D eigenvalue weighted by atomic mass is 10.1. The van der Waals surface area contributed by atoms with Gasteiger partial charge in [0.2, 0.25) is 0 Å². The molecule has 0 spiro atoms. The van der Waals surface area contributed by atoms with Crippen molar-refractivity contribution in [2.24, 2.45) is 0 Å². The van der Waals surface area contributed by atoms with Gasteiger partial charge in [-0.15, -0.1) is 23.2 Å². The number of rotatable bonds is 5. The fourth-order valence-electron chi connectivity index (χ4n) is 0.763. The van der Waals surface area contributed by atoms with Gasteiger partial charge in [0.05, 0.1) is 6.10 Å². The minimum Gasteiger partial charge on any atom is -0.481 e. The third-order valence-electron chi connectivity index (χ3n) is 1.34. The van der Waals surface area contributed by atoms with Gasteiger partial charge in [-0.25, -0.2) is 0 Å². The van der Waals surface area contributed by atoms with E-state index in [-0.39, 0.29) is 6.10 Å². The number of halogens is 2. The number of aliphatic hydroxyl groups is 1. The molecule has 0 bridgehead atoms. The van der Waals surface area contributed by atoms with Gasteiger partial charge < -0.3 is 10.2 Å². The summed E-state index contributed by atoms with van der Waals surface area (Å²) in [5.41, 5.74) is 0. The van der Waals surface area contributed by atoms with Crippen molar-refractivity contribution in [2.45, 2.75) is 50.5 Å². The number of alkyl halides is 2. The summed E-state index contributed by atoms with van der Waals surface area (Å²) in [4.78, 5) is 8.58. The summed E-state index contributed by atoms with van der Waals surface area (Å²) >= 11 is 10.9. The molecule has 0 saturated heterocycles. The molecule has 0 saturated carbocycles. The largest absolute Gasteiger partial charge is 0.481 e. The first-order chi connectivity index (χ1) is 6.40. The van der Waals surface area contributed by atoms with Gasteiger partial charge in [-0.2, -0.15) is 0 Å². The van der Waals surface area contributed by atoms with Crippen molar-refractivity contribution in [1.82, 2.24) is 0 Å². The fraction of sp³-hybridized carbons (Fsp3) is 0.889. The van der Waals surface area contributed by atoms with Crippen LogP contribution in [0.25, 0.3) is 0 Å². The zero-order valence-corrected chi connectivity index (χ0v) is 10.1. The van der Waals surface area contributed by atoms with E-state index in [0.29, 0.717) is 6.42 Å². The molecule has 0 amide bonds. The number of carboxylic acids is 1. The molecule has 1 unspecified atom stereocenters. The molecule has 0 aliphatic rings. The summed E-state index contributed by atoms with van der Waals surface area (Å²) in [5, 5.41) is 16.6. The van der Waals surface area contributed by atoms with Crippen LogP contribution < -0.4 is 0 Å². The summed E-state index contributed by atoms with van der Waals surface area (Å²) in [6.45, 7) is 3.17. The Balaban J connectivity index is 0.